The molecule has 0 saturated carbocycles. The molecule has 0 unspecified atom stereocenters. The zero-order valence-corrected chi connectivity index (χ0v) is 12.7. The molecule has 4 nitrogen and oxygen atoms in total. The minimum Gasteiger partial charge on any atom is -0.508 e. The van der Waals surface area contributed by atoms with Gasteiger partial charge in [0.1, 0.15) is 5.75 Å². The molecule has 2 aromatic carbocycles. The number of nitrogens with one attached hydrogen (secondary N) is 1. The Hall–Kier alpha value is -2.27. The quantitative estimate of drug-likeness (QED) is 0.909. The van der Waals surface area contributed by atoms with Crippen LogP contribution in [0.15, 0.2) is 47.9 Å². The third kappa shape index (κ3) is 4.36. The van der Waals surface area contributed by atoms with Crippen LogP contribution >= 0.6 is 0 Å². The summed E-state index contributed by atoms with van der Waals surface area (Å²) in [6, 6.07) is 12.2. The van der Waals surface area contributed by atoms with Crippen molar-refractivity contribution in [3.63, 3.8) is 0 Å². The standard InChI is InChI=1S/C16H17NO3S/c1-12-3-6-14(7-4-12)9-10-21(19,20)17-15-8-5-13(2)16(18)11-15/h3-11,17-18H,1-2H3. The predicted octanol–water partition coefficient (Wildman–Crippen LogP) is 3.42. The van der Waals surface area contributed by atoms with E-state index in [1.165, 1.54) is 12.1 Å². The van der Waals surface area contributed by atoms with E-state index in [9.17, 15) is 13.5 Å². The molecule has 0 spiro atoms. The van der Waals surface area contributed by atoms with Crippen LogP contribution < -0.4 is 4.72 Å². The molecular weight excluding hydrogens is 286 g/mol. The highest BCUT2D eigenvalue weighted by atomic mass is 32.2. The van der Waals surface area contributed by atoms with Crippen molar-refractivity contribution in [1.29, 1.82) is 0 Å². The number of hydrogen-bond donors (Lipinski definition) is 2. The number of benzene rings is 2. The largest absolute Gasteiger partial charge is 0.508 e. The summed E-state index contributed by atoms with van der Waals surface area (Å²) >= 11 is 0. The van der Waals surface area contributed by atoms with E-state index >= 15 is 0 Å². The molecule has 2 rings (SSSR count). The second-order valence-corrected chi connectivity index (χ2v) is 6.43. The number of phenolic OH excluding ortho intramolecular Hbond substituents is 1. The number of hydrogen-bond acceptors (Lipinski definition) is 3. The molecule has 0 aromatic heterocycles. The van der Waals surface area contributed by atoms with Crippen LogP contribution in [0.3, 0.4) is 0 Å². The lowest BCUT2D eigenvalue weighted by atomic mass is 10.2. The van der Waals surface area contributed by atoms with E-state index in [0.29, 0.717) is 11.3 Å². The van der Waals surface area contributed by atoms with E-state index in [0.717, 1.165) is 16.5 Å². The fourth-order valence-corrected chi connectivity index (χ4v) is 2.58. The van der Waals surface area contributed by atoms with Crippen LogP contribution in [-0.4, -0.2) is 13.5 Å². The lowest BCUT2D eigenvalue weighted by Gasteiger charge is -2.06. The summed E-state index contributed by atoms with van der Waals surface area (Å²) < 4.78 is 26.3. The molecule has 0 atom stereocenters. The van der Waals surface area contributed by atoms with E-state index in [-0.39, 0.29) is 5.75 Å². The molecule has 21 heavy (non-hydrogen) atoms. The van der Waals surface area contributed by atoms with Gasteiger partial charge < -0.3 is 5.11 Å². The van der Waals surface area contributed by atoms with Crippen LogP contribution in [0.2, 0.25) is 0 Å². The van der Waals surface area contributed by atoms with Gasteiger partial charge >= 0.3 is 0 Å². The van der Waals surface area contributed by atoms with Crippen LogP contribution in [0.1, 0.15) is 16.7 Å². The molecular formula is C16H17NO3S. The van der Waals surface area contributed by atoms with Gasteiger partial charge in [0.25, 0.3) is 10.0 Å². The van der Waals surface area contributed by atoms with E-state index in [1.807, 2.05) is 31.2 Å². The normalized spacial score (nSPS) is 11.7. The molecule has 110 valence electrons. The molecule has 0 aliphatic heterocycles. The van der Waals surface area contributed by atoms with Crippen molar-refractivity contribution in [3.05, 3.63) is 64.6 Å². The summed E-state index contributed by atoms with van der Waals surface area (Å²) in [6.07, 6.45) is 1.52. The summed E-state index contributed by atoms with van der Waals surface area (Å²) in [7, 11) is -3.61. The van der Waals surface area contributed by atoms with Gasteiger partial charge in [-0.25, -0.2) is 8.42 Å². The second-order valence-electron chi connectivity index (χ2n) is 4.86. The summed E-state index contributed by atoms with van der Waals surface area (Å²) in [5.74, 6) is 0.0534. The summed E-state index contributed by atoms with van der Waals surface area (Å²) in [6.45, 7) is 3.71. The van der Waals surface area contributed by atoms with Crippen molar-refractivity contribution in [2.75, 3.05) is 4.72 Å². The maximum Gasteiger partial charge on any atom is 0.255 e. The number of sulfonamides is 1. The number of anilines is 1. The Labute approximate surface area is 124 Å². The Morgan fingerprint density at radius 3 is 2.33 bits per heavy atom. The monoisotopic (exact) mass is 303 g/mol. The molecule has 0 amide bonds. The maximum absolute atomic E-state index is 12.0. The third-order valence-corrected chi connectivity index (χ3v) is 4.00. The van der Waals surface area contributed by atoms with Gasteiger partial charge in [-0.05, 0) is 37.1 Å². The first kappa shape index (κ1) is 15.1. The molecule has 0 radical (unpaired) electrons. The van der Waals surface area contributed by atoms with Crippen molar-refractivity contribution < 1.29 is 13.5 Å². The number of aromatic hydroxyl groups is 1. The van der Waals surface area contributed by atoms with Gasteiger partial charge in [-0.2, -0.15) is 0 Å². The maximum atomic E-state index is 12.0. The number of phenols is 1. The molecule has 2 N–H and O–H groups in total. The molecule has 0 fully saturated rings. The lowest BCUT2D eigenvalue weighted by molar-refractivity contribution is 0.471. The third-order valence-electron chi connectivity index (χ3n) is 2.99. The van der Waals surface area contributed by atoms with Crippen molar-refractivity contribution in [2.45, 2.75) is 13.8 Å². The fraction of sp³-hybridized carbons (Fsp3) is 0.125. The van der Waals surface area contributed by atoms with Crippen molar-refractivity contribution >= 4 is 21.8 Å². The predicted molar refractivity (Wildman–Crippen MR) is 85.6 cm³/mol. The molecule has 0 heterocycles. The molecule has 0 saturated heterocycles. The minimum atomic E-state index is -3.61. The highest BCUT2D eigenvalue weighted by molar-refractivity contribution is 7.95. The average molecular weight is 303 g/mol. The zero-order valence-electron chi connectivity index (χ0n) is 11.9. The van der Waals surface area contributed by atoms with Crippen molar-refractivity contribution in [1.82, 2.24) is 0 Å². The number of aryl methyl sites for hydroxylation is 2. The molecule has 5 heteroatoms. The summed E-state index contributed by atoms with van der Waals surface area (Å²) in [4.78, 5) is 0. The Kier molecular flexibility index (Phi) is 4.33. The minimum absolute atomic E-state index is 0.0534. The Bertz CT molecular complexity index is 763. The smallest absolute Gasteiger partial charge is 0.255 e. The summed E-state index contributed by atoms with van der Waals surface area (Å²) in [5.41, 5.74) is 2.93. The summed E-state index contributed by atoms with van der Waals surface area (Å²) in [5, 5.41) is 10.7. The topological polar surface area (TPSA) is 66.4 Å². The first-order chi connectivity index (χ1) is 9.85. The SMILES string of the molecule is Cc1ccc(C=CS(=O)(=O)Nc2ccc(C)c(O)c2)cc1. The molecule has 0 aliphatic carbocycles. The first-order valence-electron chi connectivity index (χ1n) is 6.43. The van der Waals surface area contributed by atoms with Gasteiger partial charge in [0.2, 0.25) is 0 Å². The molecule has 0 aliphatic rings. The van der Waals surface area contributed by atoms with E-state index in [4.69, 9.17) is 0 Å². The second kappa shape index (κ2) is 6.01. The zero-order chi connectivity index (χ0) is 15.5. The van der Waals surface area contributed by atoms with E-state index in [1.54, 1.807) is 19.1 Å². The van der Waals surface area contributed by atoms with E-state index in [2.05, 4.69) is 4.72 Å². The van der Waals surface area contributed by atoms with E-state index < -0.39 is 10.0 Å². The highest BCUT2D eigenvalue weighted by Gasteiger charge is 2.07. The first-order valence-corrected chi connectivity index (χ1v) is 7.97. The fourth-order valence-electron chi connectivity index (χ4n) is 1.72. The van der Waals surface area contributed by atoms with Gasteiger partial charge in [0.05, 0.1) is 11.1 Å². The highest BCUT2D eigenvalue weighted by Crippen LogP contribution is 2.21. The Morgan fingerprint density at radius 1 is 1.05 bits per heavy atom. The van der Waals surface area contributed by atoms with Crippen LogP contribution in [0.4, 0.5) is 5.69 Å². The molecule has 2 aromatic rings. The van der Waals surface area contributed by atoms with Gasteiger partial charge in [0, 0.05) is 6.07 Å². The molecule has 0 bridgehead atoms. The Balaban J connectivity index is 2.14. The van der Waals surface area contributed by atoms with Crippen LogP contribution in [0.25, 0.3) is 6.08 Å². The number of rotatable bonds is 4. The van der Waals surface area contributed by atoms with Crippen LogP contribution in [0.5, 0.6) is 5.75 Å². The van der Waals surface area contributed by atoms with Gasteiger partial charge in [-0.1, -0.05) is 35.9 Å². The van der Waals surface area contributed by atoms with Gasteiger partial charge in [-0.15, -0.1) is 0 Å². The Morgan fingerprint density at radius 2 is 1.71 bits per heavy atom. The average Bonchev–Trinajstić information content (AvgIpc) is 2.42. The van der Waals surface area contributed by atoms with Crippen LogP contribution in [0, 0.1) is 13.8 Å². The lowest BCUT2D eigenvalue weighted by Crippen LogP contribution is -2.08. The van der Waals surface area contributed by atoms with Crippen molar-refractivity contribution in [3.8, 4) is 5.75 Å². The van der Waals surface area contributed by atoms with Crippen LogP contribution in [-0.2, 0) is 10.0 Å². The van der Waals surface area contributed by atoms with Gasteiger partial charge in [-0.3, -0.25) is 4.72 Å². The van der Waals surface area contributed by atoms with Gasteiger partial charge in [0.15, 0.2) is 0 Å². The van der Waals surface area contributed by atoms with Crippen molar-refractivity contribution in [2.24, 2.45) is 0 Å².